The summed E-state index contributed by atoms with van der Waals surface area (Å²) >= 11 is 0. The Morgan fingerprint density at radius 1 is 1.30 bits per heavy atom. The first kappa shape index (κ1) is 15.1. The van der Waals surface area contributed by atoms with Gasteiger partial charge in [-0.2, -0.15) is 0 Å². The predicted molar refractivity (Wildman–Crippen MR) is 85.7 cm³/mol. The number of hydrogen-bond donors (Lipinski definition) is 1. The molecular formula is C18H27NO. The lowest BCUT2D eigenvalue weighted by atomic mass is 9.86. The summed E-state index contributed by atoms with van der Waals surface area (Å²) in [5.74, 6) is 1.63. The van der Waals surface area contributed by atoms with Crippen molar-refractivity contribution >= 4 is 6.21 Å². The van der Waals surface area contributed by atoms with Crippen LogP contribution in [0, 0.1) is 11.8 Å². The molecule has 1 aromatic rings. The molecule has 1 N–H and O–H groups in total. The maximum absolute atomic E-state index is 10.3. The van der Waals surface area contributed by atoms with Crippen LogP contribution in [0.3, 0.4) is 0 Å². The van der Waals surface area contributed by atoms with Crippen LogP contribution in [-0.4, -0.2) is 17.4 Å². The molecule has 0 aromatic heterocycles. The lowest BCUT2D eigenvalue weighted by molar-refractivity contribution is 0.333. The molecule has 20 heavy (non-hydrogen) atoms. The van der Waals surface area contributed by atoms with Crippen LogP contribution in [0.1, 0.15) is 57.6 Å². The Bertz CT molecular complexity index is 464. The predicted octanol–water partition coefficient (Wildman–Crippen LogP) is 4.59. The van der Waals surface area contributed by atoms with Crippen LogP contribution < -0.4 is 0 Å². The summed E-state index contributed by atoms with van der Waals surface area (Å²) in [6.07, 6.45) is 7.87. The fourth-order valence-corrected chi connectivity index (χ4v) is 3.01. The number of rotatable bonds is 4. The van der Waals surface area contributed by atoms with Crippen molar-refractivity contribution in [2.75, 3.05) is 0 Å². The molecule has 2 heteroatoms. The number of nitrogens with zero attached hydrogens (tertiary/aromatic N) is 1. The second-order valence-electron chi connectivity index (χ2n) is 6.56. The molecule has 1 aliphatic rings. The monoisotopic (exact) mass is 273 g/mol. The summed E-state index contributed by atoms with van der Waals surface area (Å²) < 4.78 is 0. The van der Waals surface area contributed by atoms with Gasteiger partial charge >= 0.3 is 0 Å². The zero-order valence-corrected chi connectivity index (χ0v) is 13.0. The third-order valence-corrected chi connectivity index (χ3v) is 4.25. The Labute approximate surface area is 122 Å². The minimum Gasteiger partial charge on any atom is -0.507 e. The minimum atomic E-state index is 0.411. The van der Waals surface area contributed by atoms with Gasteiger partial charge in [0.2, 0.25) is 0 Å². The molecule has 1 aliphatic carbocycles. The molecule has 0 heterocycles. The van der Waals surface area contributed by atoms with E-state index in [1.165, 1.54) is 25.7 Å². The molecule has 0 saturated heterocycles. The molecule has 1 aromatic carbocycles. The molecule has 0 bridgehead atoms. The van der Waals surface area contributed by atoms with E-state index in [9.17, 15) is 5.11 Å². The van der Waals surface area contributed by atoms with Gasteiger partial charge < -0.3 is 5.11 Å². The second kappa shape index (κ2) is 6.92. The molecule has 110 valence electrons. The van der Waals surface area contributed by atoms with E-state index >= 15 is 0 Å². The Kier molecular flexibility index (Phi) is 5.22. The van der Waals surface area contributed by atoms with Gasteiger partial charge in [0.25, 0.3) is 0 Å². The van der Waals surface area contributed by atoms with Gasteiger partial charge in [0.05, 0.1) is 6.04 Å². The number of phenols is 1. The third-order valence-electron chi connectivity index (χ3n) is 4.25. The maximum Gasteiger partial charge on any atom is 0.127 e. The highest BCUT2D eigenvalue weighted by Gasteiger charge is 2.19. The van der Waals surface area contributed by atoms with E-state index in [4.69, 9.17) is 4.99 Å². The Morgan fingerprint density at radius 3 is 2.75 bits per heavy atom. The lowest BCUT2D eigenvalue weighted by Gasteiger charge is -2.25. The zero-order valence-electron chi connectivity index (χ0n) is 13.0. The van der Waals surface area contributed by atoms with Crippen LogP contribution in [-0.2, 0) is 6.42 Å². The molecule has 1 saturated carbocycles. The van der Waals surface area contributed by atoms with E-state index in [1.54, 1.807) is 0 Å². The number of para-hydroxylation sites is 1. The van der Waals surface area contributed by atoms with Crippen molar-refractivity contribution in [2.24, 2.45) is 16.8 Å². The fourth-order valence-electron chi connectivity index (χ4n) is 3.01. The minimum absolute atomic E-state index is 0.411. The van der Waals surface area contributed by atoms with Crippen molar-refractivity contribution < 1.29 is 5.11 Å². The van der Waals surface area contributed by atoms with E-state index in [-0.39, 0.29) is 0 Å². The number of aliphatic imine (C=N–C) groups is 1. The van der Waals surface area contributed by atoms with E-state index in [0.717, 1.165) is 17.5 Å². The summed E-state index contributed by atoms with van der Waals surface area (Å²) in [6, 6.07) is 6.41. The maximum atomic E-state index is 10.3. The molecule has 2 atom stereocenters. The Balaban J connectivity index is 2.12. The first-order valence-electron chi connectivity index (χ1n) is 7.92. The number of aromatic hydroxyl groups is 1. The van der Waals surface area contributed by atoms with E-state index in [2.05, 4.69) is 20.8 Å². The topological polar surface area (TPSA) is 32.6 Å². The Morgan fingerprint density at radius 2 is 2.05 bits per heavy atom. The molecule has 2 rings (SSSR count). The number of phenolic OH excluding ortho intramolecular Hbond substituents is 1. The number of hydrogen-bond acceptors (Lipinski definition) is 2. The molecule has 0 radical (unpaired) electrons. The summed E-state index contributed by atoms with van der Waals surface area (Å²) in [4.78, 5) is 4.73. The zero-order chi connectivity index (χ0) is 14.5. The van der Waals surface area contributed by atoms with Gasteiger partial charge in [-0.3, -0.25) is 4.99 Å². The highest BCUT2D eigenvalue weighted by molar-refractivity contribution is 5.84. The van der Waals surface area contributed by atoms with Gasteiger partial charge in [-0.1, -0.05) is 45.7 Å². The molecular weight excluding hydrogens is 246 g/mol. The normalized spacial score (nSPS) is 23.6. The van der Waals surface area contributed by atoms with Crippen molar-refractivity contribution in [3.8, 4) is 5.75 Å². The number of benzene rings is 1. The SMILES string of the molecule is CC(C)Cc1cccc(C=NC2CCCCC2C)c1O. The summed E-state index contributed by atoms with van der Waals surface area (Å²) in [5.41, 5.74) is 1.89. The fraction of sp³-hybridized carbons (Fsp3) is 0.611. The van der Waals surface area contributed by atoms with Crippen molar-refractivity contribution in [3.05, 3.63) is 29.3 Å². The van der Waals surface area contributed by atoms with Crippen molar-refractivity contribution in [3.63, 3.8) is 0 Å². The van der Waals surface area contributed by atoms with Gasteiger partial charge in [-0.05, 0) is 42.7 Å². The smallest absolute Gasteiger partial charge is 0.127 e. The third kappa shape index (κ3) is 3.84. The van der Waals surface area contributed by atoms with E-state index in [1.807, 2.05) is 24.4 Å². The van der Waals surface area contributed by atoms with Crippen LogP contribution in [0.5, 0.6) is 5.75 Å². The van der Waals surface area contributed by atoms with Crippen LogP contribution in [0.15, 0.2) is 23.2 Å². The second-order valence-corrected chi connectivity index (χ2v) is 6.56. The van der Waals surface area contributed by atoms with Crippen molar-refractivity contribution in [1.29, 1.82) is 0 Å². The average molecular weight is 273 g/mol. The van der Waals surface area contributed by atoms with Crippen LogP contribution in [0.4, 0.5) is 0 Å². The average Bonchev–Trinajstić information content (AvgIpc) is 2.41. The first-order chi connectivity index (χ1) is 9.58. The summed E-state index contributed by atoms with van der Waals surface area (Å²) in [5, 5.41) is 10.3. The molecule has 2 unspecified atom stereocenters. The van der Waals surface area contributed by atoms with Gasteiger partial charge in [0.15, 0.2) is 0 Å². The van der Waals surface area contributed by atoms with Crippen LogP contribution >= 0.6 is 0 Å². The summed E-state index contributed by atoms with van der Waals surface area (Å²) in [7, 11) is 0. The van der Waals surface area contributed by atoms with Crippen molar-refractivity contribution in [2.45, 2.75) is 58.9 Å². The highest BCUT2D eigenvalue weighted by atomic mass is 16.3. The molecule has 0 aliphatic heterocycles. The van der Waals surface area contributed by atoms with Crippen LogP contribution in [0.2, 0.25) is 0 Å². The molecule has 0 spiro atoms. The highest BCUT2D eigenvalue weighted by Crippen LogP contribution is 2.27. The Hall–Kier alpha value is -1.31. The molecule has 2 nitrogen and oxygen atoms in total. The van der Waals surface area contributed by atoms with Gasteiger partial charge in [-0.25, -0.2) is 0 Å². The van der Waals surface area contributed by atoms with E-state index in [0.29, 0.717) is 23.6 Å². The van der Waals surface area contributed by atoms with Gasteiger partial charge in [0, 0.05) is 11.8 Å². The quantitative estimate of drug-likeness (QED) is 0.800. The van der Waals surface area contributed by atoms with E-state index < -0.39 is 0 Å². The largest absolute Gasteiger partial charge is 0.507 e. The molecule has 0 amide bonds. The molecule has 1 fully saturated rings. The first-order valence-corrected chi connectivity index (χ1v) is 7.92. The van der Waals surface area contributed by atoms with Crippen LogP contribution in [0.25, 0.3) is 0 Å². The lowest BCUT2D eigenvalue weighted by Crippen LogP contribution is -2.20. The van der Waals surface area contributed by atoms with Crippen molar-refractivity contribution in [1.82, 2.24) is 0 Å². The summed E-state index contributed by atoms with van der Waals surface area (Å²) in [6.45, 7) is 6.63. The standard InChI is InChI=1S/C18H27NO/c1-13(2)11-15-8-6-9-16(18(15)20)12-19-17-10-5-4-7-14(17)3/h6,8-9,12-14,17,20H,4-5,7,10-11H2,1-3H3. The van der Waals surface area contributed by atoms with Gasteiger partial charge in [-0.15, -0.1) is 0 Å². The van der Waals surface area contributed by atoms with Gasteiger partial charge in [0.1, 0.15) is 5.75 Å².